The van der Waals surface area contributed by atoms with E-state index in [1.807, 2.05) is 36.4 Å². The molecule has 0 aliphatic heterocycles. The topological polar surface area (TPSA) is 59.6 Å². The normalized spacial score (nSPS) is 11.3. The molecule has 2 aromatic rings. The number of nitrogens with zero attached hydrogens (tertiary/aromatic N) is 2. The van der Waals surface area contributed by atoms with Crippen molar-refractivity contribution >= 4 is 0 Å². The molecule has 0 spiro atoms. The molecule has 0 radical (unpaired) electrons. The van der Waals surface area contributed by atoms with Gasteiger partial charge >= 0.3 is 0 Å². The minimum Gasteiger partial charge on any atom is -0.306 e. The molecule has 0 aromatic heterocycles. The predicted octanol–water partition coefficient (Wildman–Crippen LogP) is 3.28. The molecule has 1 unspecified atom stereocenters. The maximum Gasteiger partial charge on any atom is 0.0991 e. The van der Waals surface area contributed by atoms with Crippen molar-refractivity contribution in [2.24, 2.45) is 0 Å². The van der Waals surface area contributed by atoms with Crippen LogP contribution in [0.3, 0.4) is 0 Å². The molecule has 20 heavy (non-hydrogen) atoms. The van der Waals surface area contributed by atoms with Gasteiger partial charge in [-0.25, -0.2) is 0 Å². The van der Waals surface area contributed by atoms with Gasteiger partial charge in [-0.2, -0.15) is 10.5 Å². The number of benzene rings is 2. The van der Waals surface area contributed by atoms with Gasteiger partial charge in [0.2, 0.25) is 0 Å². The molecule has 3 nitrogen and oxygen atoms in total. The molecule has 0 aliphatic carbocycles. The van der Waals surface area contributed by atoms with Gasteiger partial charge in [-0.1, -0.05) is 24.3 Å². The van der Waals surface area contributed by atoms with E-state index in [4.69, 9.17) is 10.5 Å². The number of hydrogen-bond acceptors (Lipinski definition) is 3. The van der Waals surface area contributed by atoms with E-state index in [1.54, 1.807) is 12.1 Å². The quantitative estimate of drug-likeness (QED) is 0.918. The Labute approximate surface area is 119 Å². The lowest BCUT2D eigenvalue weighted by atomic mass is 10.1. The summed E-state index contributed by atoms with van der Waals surface area (Å²) in [5.41, 5.74) is 3.50. The fourth-order valence-electron chi connectivity index (χ4n) is 2.02. The van der Waals surface area contributed by atoms with Gasteiger partial charge < -0.3 is 5.32 Å². The molecule has 0 bridgehead atoms. The molecule has 0 fully saturated rings. The summed E-state index contributed by atoms with van der Waals surface area (Å²) in [6.07, 6.45) is 0. The molecule has 0 saturated heterocycles. The van der Waals surface area contributed by atoms with Gasteiger partial charge in [0.25, 0.3) is 0 Å². The molecule has 0 heterocycles. The average molecular weight is 261 g/mol. The summed E-state index contributed by atoms with van der Waals surface area (Å²) in [4.78, 5) is 0. The van der Waals surface area contributed by atoms with E-state index in [9.17, 15) is 0 Å². The van der Waals surface area contributed by atoms with Gasteiger partial charge in [-0.15, -0.1) is 0 Å². The third kappa shape index (κ3) is 3.45. The Morgan fingerprint density at radius 2 is 1.65 bits per heavy atom. The Hall–Kier alpha value is -2.62. The minimum absolute atomic E-state index is 0.147. The molecule has 1 atom stereocenters. The van der Waals surface area contributed by atoms with E-state index in [-0.39, 0.29) is 6.04 Å². The first-order chi connectivity index (χ1) is 9.72. The lowest BCUT2D eigenvalue weighted by molar-refractivity contribution is 0.574. The molecular weight excluding hydrogens is 246 g/mol. The van der Waals surface area contributed by atoms with Crippen molar-refractivity contribution in [3.63, 3.8) is 0 Å². The summed E-state index contributed by atoms with van der Waals surface area (Å²) in [6.45, 7) is 2.75. The SMILES string of the molecule is CC(NCc1cccc(C#N)c1)c1cccc(C#N)c1. The van der Waals surface area contributed by atoms with Gasteiger partial charge in [0.05, 0.1) is 23.3 Å². The Morgan fingerprint density at radius 1 is 1.00 bits per heavy atom. The third-order valence-electron chi connectivity index (χ3n) is 3.18. The van der Waals surface area contributed by atoms with Crippen LogP contribution in [0.2, 0.25) is 0 Å². The number of nitriles is 2. The van der Waals surface area contributed by atoms with Crippen LogP contribution in [0.25, 0.3) is 0 Å². The smallest absolute Gasteiger partial charge is 0.0991 e. The summed E-state index contributed by atoms with van der Waals surface area (Å²) in [5.74, 6) is 0. The van der Waals surface area contributed by atoms with Crippen molar-refractivity contribution in [1.29, 1.82) is 10.5 Å². The van der Waals surface area contributed by atoms with Crippen LogP contribution in [0, 0.1) is 22.7 Å². The molecular formula is C17H15N3. The largest absolute Gasteiger partial charge is 0.306 e. The number of rotatable bonds is 4. The van der Waals surface area contributed by atoms with Crippen LogP contribution in [0.15, 0.2) is 48.5 Å². The maximum absolute atomic E-state index is 8.91. The summed E-state index contributed by atoms with van der Waals surface area (Å²) < 4.78 is 0. The first-order valence-corrected chi connectivity index (χ1v) is 6.45. The highest BCUT2D eigenvalue weighted by molar-refractivity contribution is 5.35. The molecule has 3 heteroatoms. The van der Waals surface area contributed by atoms with Crippen LogP contribution in [0.5, 0.6) is 0 Å². The average Bonchev–Trinajstić information content (AvgIpc) is 2.52. The van der Waals surface area contributed by atoms with E-state index < -0.39 is 0 Å². The minimum atomic E-state index is 0.147. The van der Waals surface area contributed by atoms with Crippen LogP contribution < -0.4 is 5.32 Å². The van der Waals surface area contributed by atoms with Gasteiger partial charge in [0.1, 0.15) is 0 Å². The first kappa shape index (κ1) is 13.8. The highest BCUT2D eigenvalue weighted by Crippen LogP contribution is 2.15. The zero-order chi connectivity index (χ0) is 14.4. The summed E-state index contributed by atoms with van der Waals surface area (Å²) in [5, 5.41) is 21.2. The zero-order valence-electron chi connectivity index (χ0n) is 11.3. The summed E-state index contributed by atoms with van der Waals surface area (Å²) in [7, 11) is 0. The van der Waals surface area contributed by atoms with Crippen LogP contribution in [0.1, 0.15) is 35.2 Å². The predicted molar refractivity (Wildman–Crippen MR) is 77.6 cm³/mol. The Bertz CT molecular complexity index is 677. The molecule has 98 valence electrons. The third-order valence-corrected chi connectivity index (χ3v) is 3.18. The van der Waals surface area contributed by atoms with Crippen LogP contribution in [-0.2, 0) is 6.54 Å². The second-order valence-corrected chi connectivity index (χ2v) is 4.65. The lowest BCUT2D eigenvalue weighted by Gasteiger charge is -2.14. The number of nitrogens with one attached hydrogen (secondary N) is 1. The maximum atomic E-state index is 8.91. The Morgan fingerprint density at radius 3 is 2.35 bits per heavy atom. The molecule has 0 amide bonds. The molecule has 2 aromatic carbocycles. The molecule has 0 aliphatic rings. The van der Waals surface area contributed by atoms with E-state index in [1.165, 1.54) is 0 Å². The standard InChI is InChI=1S/C17H15N3/c1-13(17-7-3-5-15(9-17)11-19)20-12-16-6-2-4-14(8-16)10-18/h2-9,13,20H,12H2,1H3. The molecule has 2 rings (SSSR count). The Kier molecular flexibility index (Phi) is 4.50. The summed E-state index contributed by atoms with van der Waals surface area (Å²) >= 11 is 0. The highest BCUT2D eigenvalue weighted by Gasteiger charge is 2.05. The lowest BCUT2D eigenvalue weighted by Crippen LogP contribution is -2.18. The van der Waals surface area contributed by atoms with E-state index in [0.717, 1.165) is 11.1 Å². The van der Waals surface area contributed by atoms with Gasteiger partial charge in [0.15, 0.2) is 0 Å². The zero-order valence-corrected chi connectivity index (χ0v) is 11.3. The van der Waals surface area contributed by atoms with Crippen molar-refractivity contribution in [3.05, 3.63) is 70.8 Å². The second kappa shape index (κ2) is 6.52. The van der Waals surface area contributed by atoms with Crippen LogP contribution in [0.4, 0.5) is 0 Å². The Balaban J connectivity index is 2.03. The van der Waals surface area contributed by atoms with Crippen molar-refractivity contribution in [3.8, 4) is 12.1 Å². The van der Waals surface area contributed by atoms with Crippen molar-refractivity contribution < 1.29 is 0 Å². The van der Waals surface area contributed by atoms with Gasteiger partial charge in [-0.05, 0) is 42.3 Å². The second-order valence-electron chi connectivity index (χ2n) is 4.65. The van der Waals surface area contributed by atoms with Crippen LogP contribution in [-0.4, -0.2) is 0 Å². The van der Waals surface area contributed by atoms with E-state index in [0.29, 0.717) is 17.7 Å². The van der Waals surface area contributed by atoms with E-state index in [2.05, 4.69) is 24.4 Å². The monoisotopic (exact) mass is 261 g/mol. The van der Waals surface area contributed by atoms with E-state index >= 15 is 0 Å². The first-order valence-electron chi connectivity index (χ1n) is 6.45. The van der Waals surface area contributed by atoms with Gasteiger partial charge in [0, 0.05) is 12.6 Å². The van der Waals surface area contributed by atoms with Gasteiger partial charge in [-0.3, -0.25) is 0 Å². The fraction of sp³-hybridized carbons (Fsp3) is 0.176. The highest BCUT2D eigenvalue weighted by atomic mass is 14.9. The van der Waals surface area contributed by atoms with Crippen molar-refractivity contribution in [2.45, 2.75) is 19.5 Å². The molecule has 1 N–H and O–H groups in total. The van der Waals surface area contributed by atoms with Crippen molar-refractivity contribution in [1.82, 2.24) is 5.32 Å². The van der Waals surface area contributed by atoms with Crippen molar-refractivity contribution in [2.75, 3.05) is 0 Å². The van der Waals surface area contributed by atoms with Crippen LogP contribution >= 0.6 is 0 Å². The molecule has 0 saturated carbocycles. The summed E-state index contributed by atoms with van der Waals surface area (Å²) in [6, 6.07) is 19.6. The fourth-order valence-corrected chi connectivity index (χ4v) is 2.02. The number of hydrogen-bond donors (Lipinski definition) is 1.